The lowest BCUT2D eigenvalue weighted by atomic mass is 10.4. The predicted octanol–water partition coefficient (Wildman–Crippen LogP) is -0.0856. The molecule has 0 aliphatic heterocycles. The first kappa shape index (κ1) is 16.8. The van der Waals surface area contributed by atoms with Gasteiger partial charge in [0.15, 0.2) is 6.29 Å². The maximum Gasteiger partial charge on any atom is 0.208 e. The summed E-state index contributed by atoms with van der Waals surface area (Å²) in [6.45, 7) is 6.83. The van der Waals surface area contributed by atoms with E-state index in [1.54, 1.807) is 0 Å². The van der Waals surface area contributed by atoms with Gasteiger partial charge in [-0.05, 0) is 13.8 Å². The van der Waals surface area contributed by atoms with Crippen LogP contribution in [0.5, 0.6) is 0 Å². The Morgan fingerprint density at radius 3 is 2.12 bits per heavy atom. The zero-order valence-corrected chi connectivity index (χ0v) is 11.7. The Kier molecular flexibility index (Phi) is 9.66. The summed E-state index contributed by atoms with van der Waals surface area (Å²) in [7, 11) is -3.08. The number of nitrogens with one attached hydrogen (secondary N) is 2. The van der Waals surface area contributed by atoms with Crippen molar-refractivity contribution in [1.29, 1.82) is 0 Å². The van der Waals surface area contributed by atoms with Crippen LogP contribution >= 0.6 is 0 Å². The molecular weight excluding hydrogens is 244 g/mol. The lowest BCUT2D eigenvalue weighted by Crippen LogP contribution is -2.33. The second kappa shape index (κ2) is 9.78. The van der Waals surface area contributed by atoms with Crippen molar-refractivity contribution >= 4 is 10.0 Å². The molecule has 7 heteroatoms. The van der Waals surface area contributed by atoms with Crippen LogP contribution < -0.4 is 10.0 Å². The van der Waals surface area contributed by atoms with Crippen LogP contribution in [-0.4, -0.2) is 53.8 Å². The van der Waals surface area contributed by atoms with E-state index in [1.165, 1.54) is 0 Å². The lowest BCUT2D eigenvalue weighted by Gasteiger charge is -2.16. The van der Waals surface area contributed by atoms with E-state index in [9.17, 15) is 8.42 Å². The van der Waals surface area contributed by atoms with Gasteiger partial charge in [0.25, 0.3) is 0 Å². The van der Waals surface area contributed by atoms with Gasteiger partial charge in [-0.1, -0.05) is 0 Å². The molecule has 0 saturated carbocycles. The highest BCUT2D eigenvalue weighted by molar-refractivity contribution is 7.88. The minimum Gasteiger partial charge on any atom is -0.353 e. The highest BCUT2D eigenvalue weighted by Crippen LogP contribution is 1.99. The Hall–Kier alpha value is -0.210. The second-order valence-electron chi connectivity index (χ2n) is 3.55. The largest absolute Gasteiger partial charge is 0.353 e. The third kappa shape index (κ3) is 12.0. The molecule has 2 N–H and O–H groups in total. The quantitative estimate of drug-likeness (QED) is 0.405. The minimum absolute atomic E-state index is 0.180. The fourth-order valence-corrected chi connectivity index (χ4v) is 1.73. The van der Waals surface area contributed by atoms with E-state index >= 15 is 0 Å². The van der Waals surface area contributed by atoms with Gasteiger partial charge in [-0.25, -0.2) is 13.1 Å². The Bertz CT molecular complexity index is 263. The van der Waals surface area contributed by atoms with Gasteiger partial charge >= 0.3 is 0 Å². The van der Waals surface area contributed by atoms with Gasteiger partial charge in [0.1, 0.15) is 0 Å². The van der Waals surface area contributed by atoms with E-state index in [0.29, 0.717) is 26.3 Å². The molecule has 6 nitrogen and oxygen atoms in total. The van der Waals surface area contributed by atoms with Crippen molar-refractivity contribution in [2.24, 2.45) is 0 Å². The smallest absolute Gasteiger partial charge is 0.208 e. The zero-order chi connectivity index (χ0) is 13.1. The predicted molar refractivity (Wildman–Crippen MR) is 67.4 cm³/mol. The Balaban J connectivity index is 3.48. The molecule has 0 aromatic rings. The molecule has 0 bridgehead atoms. The summed E-state index contributed by atoms with van der Waals surface area (Å²) in [6.07, 6.45) is 1.72. The standard InChI is InChI=1S/C10H24N2O4S/c1-4-15-10(16-5-2)6-7-11-8-9-12-17(3,13)14/h10-12H,4-9H2,1-3H3. The molecule has 0 spiro atoms. The Morgan fingerprint density at radius 2 is 1.65 bits per heavy atom. The molecule has 0 aliphatic rings. The number of hydrogen-bond donors (Lipinski definition) is 2. The fraction of sp³-hybridized carbons (Fsp3) is 1.00. The Morgan fingerprint density at radius 1 is 1.06 bits per heavy atom. The monoisotopic (exact) mass is 268 g/mol. The average Bonchev–Trinajstić information content (AvgIpc) is 2.22. The zero-order valence-electron chi connectivity index (χ0n) is 10.9. The van der Waals surface area contributed by atoms with E-state index in [1.807, 2.05) is 13.8 Å². The van der Waals surface area contributed by atoms with Crippen molar-refractivity contribution in [1.82, 2.24) is 10.0 Å². The number of hydrogen-bond acceptors (Lipinski definition) is 5. The number of ether oxygens (including phenoxy) is 2. The highest BCUT2D eigenvalue weighted by atomic mass is 32.2. The first-order chi connectivity index (χ1) is 7.99. The minimum atomic E-state index is -3.08. The molecule has 0 aromatic heterocycles. The van der Waals surface area contributed by atoms with Crippen LogP contribution in [0.25, 0.3) is 0 Å². The number of rotatable bonds is 11. The van der Waals surface area contributed by atoms with Crippen molar-refractivity contribution < 1.29 is 17.9 Å². The number of sulfonamides is 1. The van der Waals surface area contributed by atoms with Crippen LogP contribution in [-0.2, 0) is 19.5 Å². The van der Waals surface area contributed by atoms with Crippen molar-refractivity contribution in [3.8, 4) is 0 Å². The molecule has 0 unspecified atom stereocenters. The van der Waals surface area contributed by atoms with Crippen molar-refractivity contribution in [3.05, 3.63) is 0 Å². The van der Waals surface area contributed by atoms with Crippen molar-refractivity contribution in [2.45, 2.75) is 26.6 Å². The van der Waals surface area contributed by atoms with Gasteiger partial charge in [0, 0.05) is 39.3 Å². The van der Waals surface area contributed by atoms with Crippen LogP contribution in [0.3, 0.4) is 0 Å². The van der Waals surface area contributed by atoms with Crippen LogP contribution in [0.4, 0.5) is 0 Å². The summed E-state index contributed by atoms with van der Waals surface area (Å²) in [5.74, 6) is 0. The van der Waals surface area contributed by atoms with Gasteiger partial charge in [-0.3, -0.25) is 0 Å². The van der Waals surface area contributed by atoms with Crippen molar-refractivity contribution in [2.75, 3.05) is 39.1 Å². The lowest BCUT2D eigenvalue weighted by molar-refractivity contribution is -0.138. The summed E-state index contributed by atoms with van der Waals surface area (Å²) in [5.41, 5.74) is 0. The average molecular weight is 268 g/mol. The van der Waals surface area contributed by atoms with E-state index in [4.69, 9.17) is 9.47 Å². The van der Waals surface area contributed by atoms with E-state index in [0.717, 1.165) is 19.2 Å². The maximum atomic E-state index is 10.8. The van der Waals surface area contributed by atoms with Crippen LogP contribution in [0, 0.1) is 0 Å². The summed E-state index contributed by atoms with van der Waals surface area (Å²) in [6, 6.07) is 0. The van der Waals surface area contributed by atoms with E-state index in [-0.39, 0.29) is 6.29 Å². The van der Waals surface area contributed by atoms with Gasteiger partial charge < -0.3 is 14.8 Å². The molecular formula is C10H24N2O4S. The molecule has 0 amide bonds. The first-order valence-electron chi connectivity index (χ1n) is 5.88. The normalized spacial score (nSPS) is 12.2. The molecule has 0 heterocycles. The molecule has 104 valence electrons. The summed E-state index contributed by atoms with van der Waals surface area (Å²) < 4.78 is 34.7. The first-order valence-corrected chi connectivity index (χ1v) is 7.77. The van der Waals surface area contributed by atoms with Gasteiger partial charge in [-0.15, -0.1) is 0 Å². The summed E-state index contributed by atoms with van der Waals surface area (Å²) in [5, 5.41) is 3.12. The molecule has 0 aromatic carbocycles. The SMILES string of the molecule is CCOC(CCNCCNS(C)(=O)=O)OCC. The van der Waals surface area contributed by atoms with Gasteiger partial charge in [0.2, 0.25) is 10.0 Å². The highest BCUT2D eigenvalue weighted by Gasteiger charge is 2.06. The fourth-order valence-electron chi connectivity index (χ4n) is 1.26. The topological polar surface area (TPSA) is 76.7 Å². The van der Waals surface area contributed by atoms with E-state index < -0.39 is 10.0 Å². The van der Waals surface area contributed by atoms with Crippen LogP contribution in [0.15, 0.2) is 0 Å². The van der Waals surface area contributed by atoms with Crippen LogP contribution in [0.1, 0.15) is 20.3 Å². The maximum absolute atomic E-state index is 10.8. The van der Waals surface area contributed by atoms with Crippen molar-refractivity contribution in [3.63, 3.8) is 0 Å². The molecule has 0 fully saturated rings. The molecule has 0 saturated heterocycles. The summed E-state index contributed by atoms with van der Waals surface area (Å²) >= 11 is 0. The van der Waals surface area contributed by atoms with Crippen LogP contribution in [0.2, 0.25) is 0 Å². The molecule has 17 heavy (non-hydrogen) atoms. The van der Waals surface area contributed by atoms with E-state index in [2.05, 4.69) is 10.0 Å². The Labute approximate surface area is 104 Å². The summed E-state index contributed by atoms with van der Waals surface area (Å²) in [4.78, 5) is 0. The van der Waals surface area contributed by atoms with Gasteiger partial charge in [0.05, 0.1) is 6.26 Å². The third-order valence-corrected chi connectivity index (χ3v) is 2.66. The molecule has 0 rings (SSSR count). The molecule has 0 atom stereocenters. The molecule has 0 aliphatic carbocycles. The van der Waals surface area contributed by atoms with Gasteiger partial charge in [-0.2, -0.15) is 0 Å². The second-order valence-corrected chi connectivity index (χ2v) is 5.38. The molecule has 0 radical (unpaired) electrons. The third-order valence-electron chi connectivity index (χ3n) is 1.93.